The third kappa shape index (κ3) is 4.61. The fourth-order valence-electron chi connectivity index (χ4n) is 1.95. The van der Waals surface area contributed by atoms with Crippen molar-refractivity contribution in [2.24, 2.45) is 0 Å². The molecule has 0 heterocycles. The molecule has 0 fully saturated rings. The first-order valence-electron chi connectivity index (χ1n) is 6.25. The summed E-state index contributed by atoms with van der Waals surface area (Å²) in [5.41, 5.74) is 10.1. The maximum atomic E-state index is 12.6. The SMILES string of the molecule is Nc1ccc(-c2c(OC(F)(F)F)cc(N)cc2OC(F)(F)F)cc1. The molecule has 4 nitrogen and oxygen atoms in total. The molecule has 24 heavy (non-hydrogen) atoms. The Kier molecular flexibility index (Phi) is 4.41. The zero-order valence-corrected chi connectivity index (χ0v) is 11.7. The molecule has 0 aliphatic carbocycles. The minimum Gasteiger partial charge on any atom is -0.405 e. The normalized spacial score (nSPS) is 12.1. The molecular weight excluding hydrogens is 342 g/mol. The van der Waals surface area contributed by atoms with Crippen LogP contribution >= 0.6 is 0 Å². The fourth-order valence-corrected chi connectivity index (χ4v) is 1.95. The Morgan fingerprint density at radius 2 is 1.08 bits per heavy atom. The highest BCUT2D eigenvalue weighted by molar-refractivity contribution is 5.80. The minimum absolute atomic E-state index is 0.0253. The van der Waals surface area contributed by atoms with Crippen LogP contribution < -0.4 is 20.9 Å². The lowest BCUT2D eigenvalue weighted by Crippen LogP contribution is -2.20. The van der Waals surface area contributed by atoms with E-state index in [4.69, 9.17) is 11.5 Å². The summed E-state index contributed by atoms with van der Waals surface area (Å²) in [5, 5.41) is 0. The Bertz CT molecular complexity index is 689. The van der Waals surface area contributed by atoms with Crippen LogP contribution in [0.1, 0.15) is 0 Å². The van der Waals surface area contributed by atoms with Crippen molar-refractivity contribution in [1.29, 1.82) is 0 Å². The molecule has 0 aromatic heterocycles. The van der Waals surface area contributed by atoms with Crippen molar-refractivity contribution in [3.05, 3.63) is 36.4 Å². The van der Waals surface area contributed by atoms with Gasteiger partial charge in [-0.1, -0.05) is 12.1 Å². The summed E-state index contributed by atoms with van der Waals surface area (Å²) in [6.07, 6.45) is -10.3. The van der Waals surface area contributed by atoms with Crippen molar-refractivity contribution >= 4 is 11.4 Å². The van der Waals surface area contributed by atoms with Crippen LogP contribution in [0.15, 0.2) is 36.4 Å². The standard InChI is InChI=1S/C14H10F6N2O2/c15-13(16,17)23-10-5-9(22)6-11(24-14(18,19)20)12(10)7-1-3-8(21)4-2-7/h1-6H,21-22H2. The molecule has 0 spiro atoms. The Labute approximate surface area is 131 Å². The number of nitrogen functional groups attached to an aromatic ring is 2. The van der Waals surface area contributed by atoms with Crippen LogP contribution in [0.25, 0.3) is 11.1 Å². The molecule has 0 bridgehead atoms. The quantitative estimate of drug-likeness (QED) is 0.638. The summed E-state index contributed by atoms with van der Waals surface area (Å²) in [4.78, 5) is 0. The molecular formula is C14H10F6N2O2. The van der Waals surface area contributed by atoms with Crippen LogP contribution in [0.5, 0.6) is 11.5 Å². The summed E-state index contributed by atoms with van der Waals surface area (Å²) < 4.78 is 82.9. The van der Waals surface area contributed by atoms with Gasteiger partial charge >= 0.3 is 12.7 Å². The van der Waals surface area contributed by atoms with Gasteiger partial charge in [0.05, 0.1) is 5.56 Å². The number of hydrogen-bond donors (Lipinski definition) is 2. The molecule has 2 rings (SSSR count). The first-order chi connectivity index (χ1) is 10.9. The number of anilines is 2. The van der Waals surface area contributed by atoms with Gasteiger partial charge in [-0.2, -0.15) is 0 Å². The highest BCUT2D eigenvalue weighted by atomic mass is 19.4. The summed E-state index contributed by atoms with van der Waals surface area (Å²) in [5.74, 6) is -1.85. The molecule has 2 aromatic carbocycles. The zero-order chi connectivity index (χ0) is 18.1. The van der Waals surface area contributed by atoms with Crippen LogP contribution in [0, 0.1) is 0 Å². The molecule has 0 amide bonds. The number of ether oxygens (including phenoxy) is 2. The van der Waals surface area contributed by atoms with E-state index < -0.39 is 35.5 Å². The molecule has 10 heteroatoms. The third-order valence-electron chi connectivity index (χ3n) is 2.74. The minimum atomic E-state index is -5.13. The average molecular weight is 352 g/mol. The number of hydrogen-bond acceptors (Lipinski definition) is 4. The Hall–Kier alpha value is -2.78. The van der Waals surface area contributed by atoms with Gasteiger partial charge in [-0.25, -0.2) is 0 Å². The van der Waals surface area contributed by atoms with Crippen molar-refractivity contribution in [3.63, 3.8) is 0 Å². The van der Waals surface area contributed by atoms with Crippen molar-refractivity contribution in [3.8, 4) is 22.6 Å². The molecule has 0 saturated carbocycles. The Balaban J connectivity index is 2.67. The maximum absolute atomic E-state index is 12.6. The Morgan fingerprint density at radius 3 is 1.46 bits per heavy atom. The first kappa shape index (κ1) is 17.6. The van der Waals surface area contributed by atoms with Crippen LogP contribution in [-0.2, 0) is 0 Å². The average Bonchev–Trinajstić information content (AvgIpc) is 2.36. The lowest BCUT2D eigenvalue weighted by Gasteiger charge is -2.19. The summed E-state index contributed by atoms with van der Waals surface area (Å²) in [6.45, 7) is 0. The van der Waals surface area contributed by atoms with E-state index in [-0.39, 0.29) is 11.3 Å². The van der Waals surface area contributed by atoms with Gasteiger partial charge in [-0.05, 0) is 17.7 Å². The van der Waals surface area contributed by atoms with E-state index >= 15 is 0 Å². The highest BCUT2D eigenvalue weighted by Gasteiger charge is 2.36. The number of alkyl halides is 6. The lowest BCUT2D eigenvalue weighted by atomic mass is 10.0. The summed E-state index contributed by atoms with van der Waals surface area (Å²) >= 11 is 0. The van der Waals surface area contributed by atoms with Crippen molar-refractivity contribution < 1.29 is 35.8 Å². The summed E-state index contributed by atoms with van der Waals surface area (Å²) in [6, 6.07) is 6.58. The number of benzene rings is 2. The molecule has 0 unspecified atom stereocenters. The molecule has 130 valence electrons. The van der Waals surface area contributed by atoms with E-state index in [2.05, 4.69) is 9.47 Å². The van der Waals surface area contributed by atoms with Gasteiger partial charge in [0.1, 0.15) is 11.5 Å². The van der Waals surface area contributed by atoms with Gasteiger partial charge in [0, 0.05) is 23.5 Å². The van der Waals surface area contributed by atoms with E-state index in [0.717, 1.165) is 12.1 Å². The molecule has 0 aliphatic heterocycles. The lowest BCUT2D eigenvalue weighted by molar-refractivity contribution is -0.276. The third-order valence-corrected chi connectivity index (χ3v) is 2.74. The van der Waals surface area contributed by atoms with E-state index in [1.54, 1.807) is 0 Å². The molecule has 2 aromatic rings. The van der Waals surface area contributed by atoms with E-state index in [1.807, 2.05) is 0 Å². The molecule has 0 radical (unpaired) electrons. The fraction of sp³-hybridized carbons (Fsp3) is 0.143. The second-order valence-electron chi connectivity index (χ2n) is 4.61. The van der Waals surface area contributed by atoms with Crippen molar-refractivity contribution in [2.75, 3.05) is 11.5 Å². The van der Waals surface area contributed by atoms with Crippen molar-refractivity contribution in [2.45, 2.75) is 12.7 Å². The second-order valence-corrected chi connectivity index (χ2v) is 4.61. The first-order valence-corrected chi connectivity index (χ1v) is 6.25. The van der Waals surface area contributed by atoms with Gasteiger partial charge in [-0.3, -0.25) is 0 Å². The maximum Gasteiger partial charge on any atom is 0.573 e. The van der Waals surface area contributed by atoms with Gasteiger partial charge in [0.15, 0.2) is 0 Å². The van der Waals surface area contributed by atoms with Gasteiger partial charge in [-0.15, -0.1) is 26.3 Å². The van der Waals surface area contributed by atoms with Gasteiger partial charge in [0.2, 0.25) is 0 Å². The van der Waals surface area contributed by atoms with Crippen LogP contribution in [0.3, 0.4) is 0 Å². The highest BCUT2D eigenvalue weighted by Crippen LogP contribution is 2.44. The van der Waals surface area contributed by atoms with E-state index in [0.29, 0.717) is 0 Å². The van der Waals surface area contributed by atoms with Crippen LogP contribution in [0.2, 0.25) is 0 Å². The molecule has 0 saturated heterocycles. The number of nitrogens with two attached hydrogens (primary N) is 2. The van der Waals surface area contributed by atoms with Crippen LogP contribution in [0.4, 0.5) is 37.7 Å². The zero-order valence-electron chi connectivity index (χ0n) is 11.7. The van der Waals surface area contributed by atoms with Crippen LogP contribution in [-0.4, -0.2) is 12.7 Å². The summed E-state index contributed by atoms with van der Waals surface area (Å²) in [7, 11) is 0. The monoisotopic (exact) mass is 352 g/mol. The largest absolute Gasteiger partial charge is 0.573 e. The molecule has 4 N–H and O–H groups in total. The molecule has 0 aliphatic rings. The van der Waals surface area contributed by atoms with E-state index in [9.17, 15) is 26.3 Å². The Morgan fingerprint density at radius 1 is 0.667 bits per heavy atom. The second kappa shape index (κ2) is 6.02. The predicted octanol–water partition coefficient (Wildman–Crippen LogP) is 4.32. The predicted molar refractivity (Wildman–Crippen MR) is 74.1 cm³/mol. The number of rotatable bonds is 3. The topological polar surface area (TPSA) is 70.5 Å². The van der Waals surface area contributed by atoms with Crippen molar-refractivity contribution in [1.82, 2.24) is 0 Å². The van der Waals surface area contributed by atoms with Gasteiger partial charge in [0.25, 0.3) is 0 Å². The number of halogens is 6. The smallest absolute Gasteiger partial charge is 0.405 e. The molecule has 0 atom stereocenters. The van der Waals surface area contributed by atoms with Gasteiger partial charge < -0.3 is 20.9 Å². The van der Waals surface area contributed by atoms with E-state index in [1.165, 1.54) is 24.3 Å².